The molecule has 108 valence electrons. The smallest absolute Gasteiger partial charge is 0.237 e. The maximum Gasteiger partial charge on any atom is 0.237 e. The normalized spacial score (nSPS) is 31.1. The molecule has 1 saturated carbocycles. The molecular formula is C14H29ClN2O. The van der Waals surface area contributed by atoms with Crippen molar-refractivity contribution in [1.29, 1.82) is 0 Å². The molecule has 1 amide bonds. The van der Waals surface area contributed by atoms with Crippen molar-refractivity contribution in [3.05, 3.63) is 0 Å². The molecule has 18 heavy (non-hydrogen) atoms. The molecule has 1 aliphatic carbocycles. The summed E-state index contributed by atoms with van der Waals surface area (Å²) in [6.45, 7) is 8.63. The maximum atomic E-state index is 12.0. The van der Waals surface area contributed by atoms with Gasteiger partial charge in [0.15, 0.2) is 0 Å². The summed E-state index contributed by atoms with van der Waals surface area (Å²) in [7, 11) is 0. The van der Waals surface area contributed by atoms with Crippen LogP contribution in [-0.4, -0.2) is 18.0 Å². The zero-order valence-electron chi connectivity index (χ0n) is 12.1. The summed E-state index contributed by atoms with van der Waals surface area (Å²) in [6.07, 6.45) is 4.55. The molecule has 0 radical (unpaired) electrons. The molecule has 0 heterocycles. The predicted octanol–water partition coefficient (Wildman–Crippen LogP) is 2.72. The summed E-state index contributed by atoms with van der Waals surface area (Å²) in [5.41, 5.74) is 5.96. The standard InChI is InChI=1S/C14H28N2O.ClH/c1-5-9(2)13(15)14(17)16-12-8-6-7-10(3)11(12)4;/h9-13H,5-8,15H2,1-4H3,(H,16,17);1H. The minimum atomic E-state index is -0.357. The van der Waals surface area contributed by atoms with Crippen LogP contribution in [-0.2, 0) is 4.79 Å². The first-order valence-electron chi connectivity index (χ1n) is 7.03. The van der Waals surface area contributed by atoms with Crippen LogP contribution in [0.3, 0.4) is 0 Å². The highest BCUT2D eigenvalue weighted by molar-refractivity contribution is 5.85. The van der Waals surface area contributed by atoms with Crippen LogP contribution in [0.25, 0.3) is 0 Å². The largest absolute Gasteiger partial charge is 0.352 e. The van der Waals surface area contributed by atoms with E-state index >= 15 is 0 Å². The summed E-state index contributed by atoms with van der Waals surface area (Å²) in [5.74, 6) is 1.56. The quantitative estimate of drug-likeness (QED) is 0.830. The molecule has 0 aromatic heterocycles. The van der Waals surface area contributed by atoms with Crippen molar-refractivity contribution in [1.82, 2.24) is 5.32 Å². The first-order chi connectivity index (χ1) is 7.97. The van der Waals surface area contributed by atoms with E-state index in [0.29, 0.717) is 17.9 Å². The number of hydrogen-bond acceptors (Lipinski definition) is 2. The predicted molar refractivity (Wildman–Crippen MR) is 78.8 cm³/mol. The Labute approximate surface area is 118 Å². The first kappa shape index (κ1) is 17.7. The summed E-state index contributed by atoms with van der Waals surface area (Å²) in [4.78, 5) is 12.0. The molecule has 0 aromatic carbocycles. The second-order valence-electron chi connectivity index (χ2n) is 5.79. The number of nitrogens with two attached hydrogens (primary N) is 1. The van der Waals surface area contributed by atoms with Gasteiger partial charge in [-0.3, -0.25) is 4.79 Å². The molecule has 3 N–H and O–H groups in total. The molecule has 1 aliphatic rings. The highest BCUT2D eigenvalue weighted by Gasteiger charge is 2.30. The van der Waals surface area contributed by atoms with Crippen molar-refractivity contribution in [3.8, 4) is 0 Å². The average molecular weight is 277 g/mol. The molecule has 0 aliphatic heterocycles. The minimum absolute atomic E-state index is 0. The van der Waals surface area contributed by atoms with E-state index < -0.39 is 0 Å². The molecular weight excluding hydrogens is 248 g/mol. The van der Waals surface area contributed by atoms with Crippen LogP contribution in [0.2, 0.25) is 0 Å². The number of nitrogens with one attached hydrogen (secondary N) is 1. The van der Waals surface area contributed by atoms with Crippen LogP contribution in [0.4, 0.5) is 0 Å². The third kappa shape index (κ3) is 4.43. The SMILES string of the molecule is CCC(C)C(N)C(=O)NC1CCCC(C)C1C.Cl. The van der Waals surface area contributed by atoms with Gasteiger partial charge in [-0.25, -0.2) is 0 Å². The topological polar surface area (TPSA) is 55.1 Å². The fraction of sp³-hybridized carbons (Fsp3) is 0.929. The second kappa shape index (κ2) is 8.00. The highest BCUT2D eigenvalue weighted by atomic mass is 35.5. The summed E-state index contributed by atoms with van der Waals surface area (Å²) in [5, 5.41) is 3.15. The third-order valence-electron chi connectivity index (χ3n) is 4.59. The van der Waals surface area contributed by atoms with Gasteiger partial charge in [0.05, 0.1) is 6.04 Å². The number of halogens is 1. The zero-order valence-corrected chi connectivity index (χ0v) is 12.9. The van der Waals surface area contributed by atoms with E-state index in [2.05, 4.69) is 26.1 Å². The van der Waals surface area contributed by atoms with E-state index in [1.807, 2.05) is 6.92 Å². The van der Waals surface area contributed by atoms with Crippen LogP contribution in [0.5, 0.6) is 0 Å². The van der Waals surface area contributed by atoms with Crippen molar-refractivity contribution in [2.75, 3.05) is 0 Å². The Hall–Kier alpha value is -0.280. The van der Waals surface area contributed by atoms with E-state index in [0.717, 1.165) is 12.8 Å². The van der Waals surface area contributed by atoms with E-state index in [1.165, 1.54) is 12.8 Å². The van der Waals surface area contributed by atoms with Gasteiger partial charge in [0.25, 0.3) is 0 Å². The van der Waals surface area contributed by atoms with E-state index in [-0.39, 0.29) is 30.3 Å². The summed E-state index contributed by atoms with van der Waals surface area (Å²) < 4.78 is 0. The molecule has 0 spiro atoms. The van der Waals surface area contributed by atoms with Gasteiger partial charge in [-0.15, -0.1) is 12.4 Å². The number of carbonyl (C=O) groups excluding carboxylic acids is 1. The molecule has 0 saturated heterocycles. The highest BCUT2D eigenvalue weighted by Crippen LogP contribution is 2.29. The van der Waals surface area contributed by atoms with Crippen LogP contribution < -0.4 is 11.1 Å². The molecule has 4 heteroatoms. The van der Waals surface area contributed by atoms with Crippen molar-refractivity contribution >= 4 is 18.3 Å². The lowest BCUT2D eigenvalue weighted by atomic mass is 9.78. The van der Waals surface area contributed by atoms with Crippen LogP contribution in [0.15, 0.2) is 0 Å². The molecule has 0 bridgehead atoms. The van der Waals surface area contributed by atoms with Crippen LogP contribution in [0.1, 0.15) is 53.4 Å². The fourth-order valence-electron chi connectivity index (χ4n) is 2.58. The Balaban J connectivity index is 0.00000289. The number of rotatable bonds is 4. The number of carbonyl (C=O) groups is 1. The van der Waals surface area contributed by atoms with Crippen molar-refractivity contribution < 1.29 is 4.79 Å². The van der Waals surface area contributed by atoms with Gasteiger partial charge in [0.1, 0.15) is 0 Å². The molecule has 0 aromatic rings. The number of amides is 1. The first-order valence-corrected chi connectivity index (χ1v) is 7.03. The lowest BCUT2D eigenvalue weighted by molar-refractivity contribution is -0.124. The van der Waals surface area contributed by atoms with E-state index in [9.17, 15) is 4.79 Å². The second-order valence-corrected chi connectivity index (χ2v) is 5.79. The monoisotopic (exact) mass is 276 g/mol. The Morgan fingerprint density at radius 2 is 2.00 bits per heavy atom. The summed E-state index contributed by atoms with van der Waals surface area (Å²) in [6, 6.07) is -0.0363. The lowest BCUT2D eigenvalue weighted by Crippen LogP contribution is -2.51. The fourth-order valence-corrected chi connectivity index (χ4v) is 2.58. The zero-order chi connectivity index (χ0) is 13.0. The van der Waals surface area contributed by atoms with Gasteiger partial charge in [0, 0.05) is 6.04 Å². The van der Waals surface area contributed by atoms with Crippen molar-refractivity contribution in [3.63, 3.8) is 0 Å². The molecule has 1 fully saturated rings. The maximum absolute atomic E-state index is 12.0. The van der Waals surface area contributed by atoms with Gasteiger partial charge in [-0.1, -0.05) is 47.0 Å². The Morgan fingerprint density at radius 1 is 1.39 bits per heavy atom. The van der Waals surface area contributed by atoms with E-state index in [4.69, 9.17) is 5.73 Å². The Bertz CT molecular complexity index is 260. The molecule has 1 rings (SSSR count). The third-order valence-corrected chi connectivity index (χ3v) is 4.59. The van der Waals surface area contributed by atoms with Crippen molar-refractivity contribution in [2.24, 2.45) is 23.5 Å². The van der Waals surface area contributed by atoms with E-state index in [1.54, 1.807) is 0 Å². The average Bonchev–Trinajstić information content (AvgIpc) is 2.32. The van der Waals surface area contributed by atoms with Gasteiger partial charge >= 0.3 is 0 Å². The van der Waals surface area contributed by atoms with Crippen molar-refractivity contribution in [2.45, 2.75) is 65.5 Å². The van der Waals surface area contributed by atoms with Crippen LogP contribution in [0, 0.1) is 17.8 Å². The molecule has 5 unspecified atom stereocenters. The minimum Gasteiger partial charge on any atom is -0.352 e. The molecule has 5 atom stereocenters. The molecule has 3 nitrogen and oxygen atoms in total. The van der Waals surface area contributed by atoms with Gasteiger partial charge in [0.2, 0.25) is 5.91 Å². The van der Waals surface area contributed by atoms with Crippen LogP contribution >= 0.6 is 12.4 Å². The lowest BCUT2D eigenvalue weighted by Gasteiger charge is -2.35. The van der Waals surface area contributed by atoms with Gasteiger partial charge < -0.3 is 11.1 Å². The van der Waals surface area contributed by atoms with Gasteiger partial charge in [-0.05, 0) is 24.2 Å². The number of hydrogen-bond donors (Lipinski definition) is 2. The summed E-state index contributed by atoms with van der Waals surface area (Å²) >= 11 is 0. The van der Waals surface area contributed by atoms with Gasteiger partial charge in [-0.2, -0.15) is 0 Å². The Morgan fingerprint density at radius 3 is 2.56 bits per heavy atom. The Kier molecular flexibility index (Phi) is 7.88.